The Bertz CT molecular complexity index is 1140. The molecule has 5 nitrogen and oxygen atoms in total. The number of allylic oxidation sites excluding steroid dienone is 1. The number of hydrogen-bond donors (Lipinski definition) is 0. The third kappa shape index (κ3) is 3.68. The second kappa shape index (κ2) is 7.71. The van der Waals surface area contributed by atoms with Crippen molar-refractivity contribution >= 4 is 28.9 Å². The van der Waals surface area contributed by atoms with E-state index in [1.807, 2.05) is 45.0 Å². The highest BCUT2D eigenvalue weighted by Crippen LogP contribution is 2.28. The molecule has 0 amide bonds. The first kappa shape index (κ1) is 19.4. The lowest BCUT2D eigenvalue weighted by atomic mass is 10.0. The predicted molar refractivity (Wildman–Crippen MR) is 112 cm³/mol. The van der Waals surface area contributed by atoms with Crippen molar-refractivity contribution in [2.24, 2.45) is 0 Å². The summed E-state index contributed by atoms with van der Waals surface area (Å²) in [4.78, 5) is 10.4. The molecule has 2 aromatic carbocycles. The lowest BCUT2D eigenvalue weighted by molar-refractivity contribution is -0.384. The van der Waals surface area contributed by atoms with Gasteiger partial charge in [-0.15, -0.1) is 0 Å². The first-order valence-electron chi connectivity index (χ1n) is 8.64. The minimum absolute atomic E-state index is 0.00403. The van der Waals surface area contributed by atoms with Gasteiger partial charge in [0.15, 0.2) is 0 Å². The van der Waals surface area contributed by atoms with E-state index in [2.05, 4.69) is 10.6 Å². The van der Waals surface area contributed by atoms with Crippen molar-refractivity contribution < 1.29 is 4.92 Å². The van der Waals surface area contributed by atoms with E-state index in [9.17, 15) is 15.4 Å². The van der Waals surface area contributed by atoms with Crippen LogP contribution in [0.1, 0.15) is 28.1 Å². The number of benzene rings is 2. The summed E-state index contributed by atoms with van der Waals surface area (Å²) in [7, 11) is 0. The molecule has 0 aliphatic rings. The molecule has 1 aromatic heterocycles. The van der Waals surface area contributed by atoms with Gasteiger partial charge in [-0.05, 0) is 73.9 Å². The van der Waals surface area contributed by atoms with E-state index in [1.54, 1.807) is 18.2 Å². The molecule has 0 radical (unpaired) electrons. The Kier molecular flexibility index (Phi) is 5.34. The van der Waals surface area contributed by atoms with E-state index in [1.165, 1.54) is 12.1 Å². The van der Waals surface area contributed by atoms with Gasteiger partial charge in [0.05, 0.1) is 16.6 Å². The van der Waals surface area contributed by atoms with Crippen molar-refractivity contribution in [2.75, 3.05) is 0 Å². The molecule has 0 unspecified atom stereocenters. The lowest BCUT2D eigenvalue weighted by Crippen LogP contribution is -2.01. The van der Waals surface area contributed by atoms with Crippen LogP contribution in [0.2, 0.25) is 5.02 Å². The SMILES string of the molecule is Cc1ccc(Cl)cc1-n1c(C)cc(/C=C(/C#N)c2ccc([N+](=O)[O-])cc2)c1C. The van der Waals surface area contributed by atoms with Crippen LogP contribution in [0.25, 0.3) is 17.3 Å². The van der Waals surface area contributed by atoms with Crippen molar-refractivity contribution in [3.05, 3.63) is 91.7 Å². The van der Waals surface area contributed by atoms with Crippen LogP contribution < -0.4 is 0 Å². The lowest BCUT2D eigenvalue weighted by Gasteiger charge is -2.13. The molecule has 140 valence electrons. The summed E-state index contributed by atoms with van der Waals surface area (Å²) in [5.74, 6) is 0. The Labute approximate surface area is 168 Å². The third-order valence-electron chi connectivity index (χ3n) is 4.69. The molecule has 3 rings (SSSR count). The van der Waals surface area contributed by atoms with Crippen molar-refractivity contribution in [1.82, 2.24) is 4.57 Å². The number of hydrogen-bond acceptors (Lipinski definition) is 3. The molecule has 0 saturated heterocycles. The summed E-state index contributed by atoms with van der Waals surface area (Å²) in [6.07, 6.45) is 1.81. The van der Waals surface area contributed by atoms with Crippen LogP contribution >= 0.6 is 11.6 Å². The molecule has 0 atom stereocenters. The van der Waals surface area contributed by atoms with Crippen LogP contribution in [0, 0.1) is 42.2 Å². The monoisotopic (exact) mass is 391 g/mol. The fraction of sp³-hybridized carbons (Fsp3) is 0.136. The first-order valence-corrected chi connectivity index (χ1v) is 9.01. The molecule has 0 bridgehead atoms. The van der Waals surface area contributed by atoms with Crippen molar-refractivity contribution in [3.8, 4) is 11.8 Å². The Morgan fingerprint density at radius 2 is 1.82 bits per heavy atom. The van der Waals surface area contributed by atoms with Gasteiger partial charge in [-0.3, -0.25) is 10.1 Å². The maximum absolute atomic E-state index is 10.8. The molecule has 0 fully saturated rings. The van der Waals surface area contributed by atoms with Gasteiger partial charge in [-0.1, -0.05) is 17.7 Å². The van der Waals surface area contributed by atoms with Gasteiger partial charge in [0, 0.05) is 34.2 Å². The Balaban J connectivity index is 2.08. The van der Waals surface area contributed by atoms with Crippen LogP contribution in [-0.2, 0) is 0 Å². The Morgan fingerprint density at radius 1 is 1.14 bits per heavy atom. The van der Waals surface area contributed by atoms with E-state index < -0.39 is 4.92 Å². The zero-order valence-corrected chi connectivity index (χ0v) is 16.5. The van der Waals surface area contributed by atoms with Gasteiger partial charge in [0.2, 0.25) is 0 Å². The molecule has 0 N–H and O–H groups in total. The fourth-order valence-electron chi connectivity index (χ4n) is 3.23. The number of aromatic nitrogens is 1. The van der Waals surface area contributed by atoms with Crippen LogP contribution in [0.5, 0.6) is 0 Å². The Morgan fingerprint density at radius 3 is 2.43 bits per heavy atom. The first-order chi connectivity index (χ1) is 13.3. The summed E-state index contributed by atoms with van der Waals surface area (Å²) >= 11 is 6.18. The van der Waals surface area contributed by atoms with Gasteiger partial charge in [0.1, 0.15) is 0 Å². The average Bonchev–Trinajstić information content (AvgIpc) is 2.95. The summed E-state index contributed by atoms with van der Waals surface area (Å²) in [5, 5.41) is 21.1. The van der Waals surface area contributed by atoms with Crippen LogP contribution in [0.15, 0.2) is 48.5 Å². The number of aryl methyl sites for hydroxylation is 2. The normalized spacial score (nSPS) is 11.3. The number of non-ortho nitro benzene ring substituents is 1. The number of nitriles is 1. The van der Waals surface area contributed by atoms with Crippen LogP contribution in [0.3, 0.4) is 0 Å². The molecule has 0 aliphatic heterocycles. The molecule has 3 aromatic rings. The van der Waals surface area contributed by atoms with Crippen LogP contribution in [-0.4, -0.2) is 9.49 Å². The smallest absolute Gasteiger partial charge is 0.269 e. The number of rotatable bonds is 4. The molecule has 0 spiro atoms. The van der Waals surface area contributed by atoms with E-state index in [0.29, 0.717) is 16.2 Å². The predicted octanol–water partition coefficient (Wildman–Crippen LogP) is 6.03. The highest BCUT2D eigenvalue weighted by atomic mass is 35.5. The second-order valence-corrected chi connectivity index (χ2v) is 7.00. The molecule has 1 heterocycles. The zero-order chi connectivity index (χ0) is 20.4. The fourth-order valence-corrected chi connectivity index (χ4v) is 3.39. The highest BCUT2D eigenvalue weighted by Gasteiger charge is 2.13. The summed E-state index contributed by atoms with van der Waals surface area (Å²) < 4.78 is 2.11. The molecule has 0 aliphatic carbocycles. The highest BCUT2D eigenvalue weighted by molar-refractivity contribution is 6.30. The third-order valence-corrected chi connectivity index (χ3v) is 4.93. The van der Waals surface area contributed by atoms with Gasteiger partial charge >= 0.3 is 0 Å². The summed E-state index contributed by atoms with van der Waals surface area (Å²) in [5.41, 5.74) is 6.08. The van der Waals surface area contributed by atoms with Gasteiger partial charge in [0.25, 0.3) is 5.69 Å². The van der Waals surface area contributed by atoms with E-state index in [4.69, 9.17) is 11.6 Å². The standard InChI is InChI=1S/C22H18ClN3O2/c1-14-4-7-20(23)12-22(14)25-15(2)10-18(16(25)3)11-19(13-24)17-5-8-21(9-6-17)26(27)28/h4-12H,1-3H3/b19-11-. The largest absolute Gasteiger partial charge is 0.318 e. The van der Waals surface area contributed by atoms with Crippen molar-refractivity contribution in [2.45, 2.75) is 20.8 Å². The topological polar surface area (TPSA) is 71.9 Å². The second-order valence-electron chi connectivity index (χ2n) is 6.57. The van der Waals surface area contributed by atoms with Crippen molar-refractivity contribution in [1.29, 1.82) is 5.26 Å². The van der Waals surface area contributed by atoms with E-state index >= 15 is 0 Å². The minimum Gasteiger partial charge on any atom is -0.318 e. The maximum atomic E-state index is 10.8. The molecule has 0 saturated carbocycles. The van der Waals surface area contributed by atoms with Crippen molar-refractivity contribution in [3.63, 3.8) is 0 Å². The molecule has 6 heteroatoms. The van der Waals surface area contributed by atoms with Gasteiger partial charge in [-0.25, -0.2) is 0 Å². The zero-order valence-electron chi connectivity index (χ0n) is 15.7. The average molecular weight is 392 g/mol. The summed E-state index contributed by atoms with van der Waals surface area (Å²) in [6, 6.07) is 15.9. The quantitative estimate of drug-likeness (QED) is 0.309. The van der Waals surface area contributed by atoms with Crippen LogP contribution in [0.4, 0.5) is 5.69 Å². The number of nitrogens with zero attached hydrogens (tertiary/aromatic N) is 3. The minimum atomic E-state index is -0.458. The number of nitro groups is 1. The molecular formula is C22H18ClN3O2. The number of halogens is 1. The molecular weight excluding hydrogens is 374 g/mol. The van der Waals surface area contributed by atoms with Gasteiger partial charge < -0.3 is 4.57 Å². The summed E-state index contributed by atoms with van der Waals surface area (Å²) in [6.45, 7) is 6.02. The van der Waals surface area contributed by atoms with Gasteiger partial charge in [-0.2, -0.15) is 5.26 Å². The Hall–Kier alpha value is -3.36. The maximum Gasteiger partial charge on any atom is 0.269 e. The van der Waals surface area contributed by atoms with E-state index in [-0.39, 0.29) is 5.69 Å². The number of nitro benzene ring substituents is 1. The van der Waals surface area contributed by atoms with E-state index in [0.717, 1.165) is 28.2 Å². The molecule has 28 heavy (non-hydrogen) atoms.